The Bertz CT molecular complexity index is 312. The third-order valence-corrected chi connectivity index (χ3v) is 3.04. The highest BCUT2D eigenvalue weighted by atomic mass is 16.5. The van der Waals surface area contributed by atoms with Crippen LogP contribution in [0.15, 0.2) is 24.3 Å². The molecule has 0 saturated heterocycles. The van der Waals surface area contributed by atoms with E-state index in [0.717, 1.165) is 12.2 Å². The van der Waals surface area contributed by atoms with Crippen molar-refractivity contribution in [1.82, 2.24) is 0 Å². The van der Waals surface area contributed by atoms with Crippen LogP contribution in [0.3, 0.4) is 0 Å². The molecule has 0 amide bonds. The van der Waals surface area contributed by atoms with Crippen LogP contribution in [0.5, 0.6) is 5.75 Å². The van der Waals surface area contributed by atoms with Crippen molar-refractivity contribution in [3.63, 3.8) is 0 Å². The molecule has 0 aliphatic carbocycles. The fourth-order valence-corrected chi connectivity index (χ4v) is 1.86. The molecule has 1 aromatic carbocycles. The summed E-state index contributed by atoms with van der Waals surface area (Å²) in [5.74, 6) is 1.59. The number of ether oxygens (including phenoxy) is 1. The zero-order valence-corrected chi connectivity index (χ0v) is 11.1. The maximum Gasteiger partial charge on any atom is 0.119 e. The van der Waals surface area contributed by atoms with Crippen molar-refractivity contribution in [3.8, 4) is 5.75 Å². The number of rotatable bonds is 8. The number of hydrogen-bond acceptors (Lipinski definition) is 2. The Morgan fingerprint density at radius 1 is 1.29 bits per heavy atom. The molecule has 0 aromatic heterocycles. The molecule has 0 aliphatic rings. The molecule has 2 heteroatoms. The number of hydrogen-bond donors (Lipinski definition) is 1. The fourth-order valence-electron chi connectivity index (χ4n) is 1.86. The first-order valence-corrected chi connectivity index (χ1v) is 6.70. The number of unbranched alkanes of at least 4 members (excludes halogenated alkanes) is 1. The molecule has 1 unspecified atom stereocenters. The Labute approximate surface area is 105 Å². The topological polar surface area (TPSA) is 35.2 Å². The molecule has 0 saturated carbocycles. The molecule has 2 N–H and O–H groups in total. The van der Waals surface area contributed by atoms with E-state index in [1.54, 1.807) is 0 Å². The zero-order chi connectivity index (χ0) is 12.5. The molecule has 1 rings (SSSR count). The minimum atomic E-state index is 0.619. The Morgan fingerprint density at radius 2 is 2.12 bits per heavy atom. The predicted molar refractivity (Wildman–Crippen MR) is 73.5 cm³/mol. The summed E-state index contributed by atoms with van der Waals surface area (Å²) in [4.78, 5) is 0. The van der Waals surface area contributed by atoms with E-state index in [2.05, 4.69) is 32.0 Å². The first kappa shape index (κ1) is 14.0. The highest BCUT2D eigenvalue weighted by Crippen LogP contribution is 2.24. The predicted octanol–water partition coefficient (Wildman–Crippen LogP) is 3.71. The normalized spacial score (nSPS) is 12.4. The molecule has 0 aliphatic heterocycles. The summed E-state index contributed by atoms with van der Waals surface area (Å²) >= 11 is 0. The average Bonchev–Trinajstić information content (AvgIpc) is 2.36. The Kier molecular flexibility index (Phi) is 6.71. The van der Waals surface area contributed by atoms with Gasteiger partial charge in [-0.3, -0.25) is 0 Å². The van der Waals surface area contributed by atoms with Gasteiger partial charge < -0.3 is 10.5 Å². The van der Waals surface area contributed by atoms with Gasteiger partial charge in [0.05, 0.1) is 6.61 Å². The van der Waals surface area contributed by atoms with Crippen molar-refractivity contribution in [3.05, 3.63) is 29.8 Å². The summed E-state index contributed by atoms with van der Waals surface area (Å²) in [6, 6.07) is 8.45. The lowest BCUT2D eigenvalue weighted by molar-refractivity contribution is 0.313. The second-order valence-electron chi connectivity index (χ2n) is 4.61. The summed E-state index contributed by atoms with van der Waals surface area (Å²) in [6.07, 6.45) is 4.72. The second-order valence-corrected chi connectivity index (χ2v) is 4.61. The molecular formula is C15H25NO. The van der Waals surface area contributed by atoms with E-state index in [9.17, 15) is 0 Å². The van der Waals surface area contributed by atoms with E-state index in [1.807, 2.05) is 6.07 Å². The average molecular weight is 235 g/mol. The van der Waals surface area contributed by atoms with Crippen LogP contribution in [-0.4, -0.2) is 13.2 Å². The largest absolute Gasteiger partial charge is 0.494 e. The van der Waals surface area contributed by atoms with Gasteiger partial charge in [-0.25, -0.2) is 0 Å². The van der Waals surface area contributed by atoms with Gasteiger partial charge in [0.25, 0.3) is 0 Å². The minimum absolute atomic E-state index is 0.619. The highest BCUT2D eigenvalue weighted by Gasteiger charge is 2.05. The summed E-state index contributed by atoms with van der Waals surface area (Å²) < 4.78 is 5.66. The van der Waals surface area contributed by atoms with Gasteiger partial charge in [-0.2, -0.15) is 0 Å². The van der Waals surface area contributed by atoms with Crippen molar-refractivity contribution in [2.24, 2.45) is 5.73 Å². The fraction of sp³-hybridized carbons (Fsp3) is 0.600. The molecule has 0 fully saturated rings. The molecule has 1 aromatic rings. The van der Waals surface area contributed by atoms with E-state index in [1.165, 1.54) is 24.8 Å². The molecule has 1 atom stereocenters. The monoisotopic (exact) mass is 235 g/mol. The number of benzene rings is 1. The lowest BCUT2D eigenvalue weighted by Crippen LogP contribution is -2.06. The van der Waals surface area contributed by atoms with Crippen LogP contribution in [0.4, 0.5) is 0 Å². The third-order valence-electron chi connectivity index (χ3n) is 3.04. The quantitative estimate of drug-likeness (QED) is 0.697. The lowest BCUT2D eigenvalue weighted by atomic mass is 9.95. The van der Waals surface area contributed by atoms with Gasteiger partial charge in [-0.05, 0) is 43.0 Å². The molecule has 0 heterocycles. The molecule has 0 bridgehead atoms. The first-order valence-electron chi connectivity index (χ1n) is 6.70. The summed E-state index contributed by atoms with van der Waals surface area (Å²) in [7, 11) is 0. The van der Waals surface area contributed by atoms with Gasteiger partial charge in [-0.1, -0.05) is 38.8 Å². The molecule has 0 radical (unpaired) electrons. The Hall–Kier alpha value is -1.02. The molecule has 2 nitrogen and oxygen atoms in total. The summed E-state index contributed by atoms with van der Waals surface area (Å²) in [5.41, 5.74) is 6.82. The van der Waals surface area contributed by atoms with E-state index in [-0.39, 0.29) is 0 Å². The Balaban J connectivity index is 2.52. The molecular weight excluding hydrogens is 210 g/mol. The van der Waals surface area contributed by atoms with Crippen LogP contribution in [0.1, 0.15) is 51.0 Å². The molecule has 17 heavy (non-hydrogen) atoms. The van der Waals surface area contributed by atoms with Gasteiger partial charge in [0.1, 0.15) is 5.75 Å². The second kappa shape index (κ2) is 8.13. The van der Waals surface area contributed by atoms with Crippen LogP contribution in [0.25, 0.3) is 0 Å². The first-order chi connectivity index (χ1) is 8.27. The highest BCUT2D eigenvalue weighted by molar-refractivity contribution is 5.30. The van der Waals surface area contributed by atoms with Gasteiger partial charge >= 0.3 is 0 Å². The summed E-state index contributed by atoms with van der Waals surface area (Å²) in [6.45, 7) is 5.92. The molecule has 0 spiro atoms. The van der Waals surface area contributed by atoms with Crippen LogP contribution in [0.2, 0.25) is 0 Å². The van der Waals surface area contributed by atoms with Crippen molar-refractivity contribution in [2.45, 2.75) is 45.4 Å². The van der Waals surface area contributed by atoms with E-state index in [0.29, 0.717) is 19.1 Å². The number of nitrogens with two attached hydrogens (primary N) is 1. The van der Waals surface area contributed by atoms with E-state index >= 15 is 0 Å². The van der Waals surface area contributed by atoms with Crippen molar-refractivity contribution in [1.29, 1.82) is 0 Å². The zero-order valence-electron chi connectivity index (χ0n) is 11.1. The van der Waals surface area contributed by atoms with Crippen molar-refractivity contribution >= 4 is 0 Å². The van der Waals surface area contributed by atoms with Gasteiger partial charge in [0.15, 0.2) is 0 Å². The van der Waals surface area contributed by atoms with Crippen molar-refractivity contribution in [2.75, 3.05) is 13.2 Å². The maximum absolute atomic E-state index is 5.66. The smallest absolute Gasteiger partial charge is 0.119 e. The van der Waals surface area contributed by atoms with Gasteiger partial charge in [-0.15, -0.1) is 0 Å². The van der Waals surface area contributed by atoms with Crippen molar-refractivity contribution < 1.29 is 4.74 Å². The maximum atomic E-state index is 5.66. The van der Waals surface area contributed by atoms with E-state index < -0.39 is 0 Å². The van der Waals surface area contributed by atoms with Crippen LogP contribution in [-0.2, 0) is 0 Å². The summed E-state index contributed by atoms with van der Waals surface area (Å²) in [5, 5.41) is 0. The lowest BCUT2D eigenvalue weighted by Gasteiger charge is -2.13. The standard InChI is InChI=1S/C15H25NO/c1-3-4-7-13(2)14-8-5-9-15(12-14)17-11-6-10-16/h5,8-9,12-13H,3-4,6-7,10-11,16H2,1-2H3. The third kappa shape index (κ3) is 5.22. The van der Waals surface area contributed by atoms with Gasteiger partial charge in [0.2, 0.25) is 0 Å². The van der Waals surface area contributed by atoms with E-state index in [4.69, 9.17) is 10.5 Å². The minimum Gasteiger partial charge on any atom is -0.494 e. The van der Waals surface area contributed by atoms with Crippen LogP contribution >= 0.6 is 0 Å². The van der Waals surface area contributed by atoms with Crippen LogP contribution < -0.4 is 10.5 Å². The molecule has 96 valence electrons. The van der Waals surface area contributed by atoms with Crippen LogP contribution in [0, 0.1) is 0 Å². The SMILES string of the molecule is CCCCC(C)c1cccc(OCCCN)c1. The Morgan fingerprint density at radius 3 is 2.82 bits per heavy atom. The van der Waals surface area contributed by atoms with Gasteiger partial charge in [0, 0.05) is 0 Å².